The van der Waals surface area contributed by atoms with Gasteiger partial charge in [-0.15, -0.1) is 24.0 Å². The van der Waals surface area contributed by atoms with E-state index in [2.05, 4.69) is 36.0 Å². The summed E-state index contributed by atoms with van der Waals surface area (Å²) in [6.07, 6.45) is 4.94. The number of guanidine groups is 1. The molecular formula is C15H33IN4. The number of aliphatic imine (C=N–C) groups is 1. The van der Waals surface area contributed by atoms with Gasteiger partial charge in [-0.05, 0) is 57.2 Å². The van der Waals surface area contributed by atoms with Crippen LogP contribution in [0, 0.1) is 11.8 Å². The molecule has 1 fully saturated rings. The molecule has 1 aliphatic rings. The molecule has 0 aromatic rings. The zero-order valence-corrected chi connectivity index (χ0v) is 15.7. The number of hydrogen-bond acceptors (Lipinski definition) is 2. The lowest BCUT2D eigenvalue weighted by molar-refractivity contribution is 0.180. The van der Waals surface area contributed by atoms with Gasteiger partial charge in [-0.25, -0.2) is 0 Å². The predicted octanol–water partition coefficient (Wildman–Crippen LogP) is 2.68. The van der Waals surface area contributed by atoms with E-state index >= 15 is 0 Å². The second-order valence-electron chi connectivity index (χ2n) is 6.12. The summed E-state index contributed by atoms with van der Waals surface area (Å²) in [6, 6.07) is 0. The molecule has 0 atom stereocenters. The molecule has 0 amide bonds. The maximum atomic E-state index is 5.81. The average molecular weight is 396 g/mol. The van der Waals surface area contributed by atoms with Crippen LogP contribution in [0.3, 0.4) is 0 Å². The van der Waals surface area contributed by atoms with Gasteiger partial charge < -0.3 is 16.0 Å². The Morgan fingerprint density at radius 1 is 1.35 bits per heavy atom. The van der Waals surface area contributed by atoms with E-state index in [1.807, 2.05) is 0 Å². The minimum atomic E-state index is 0. The number of nitrogens with zero attached hydrogens (tertiary/aromatic N) is 2. The molecule has 0 unspecified atom stereocenters. The zero-order chi connectivity index (χ0) is 14.1. The minimum absolute atomic E-state index is 0. The summed E-state index contributed by atoms with van der Waals surface area (Å²) in [5.74, 6) is 2.15. The van der Waals surface area contributed by atoms with Crippen LogP contribution in [0.1, 0.15) is 46.5 Å². The first kappa shape index (κ1) is 20.0. The van der Waals surface area contributed by atoms with E-state index in [1.165, 1.54) is 38.9 Å². The van der Waals surface area contributed by atoms with Gasteiger partial charge in [0.05, 0.1) is 0 Å². The Morgan fingerprint density at radius 3 is 2.55 bits per heavy atom. The van der Waals surface area contributed by atoms with Gasteiger partial charge in [0.1, 0.15) is 0 Å². The van der Waals surface area contributed by atoms with Crippen molar-refractivity contribution >= 4 is 29.9 Å². The highest BCUT2D eigenvalue weighted by atomic mass is 127. The lowest BCUT2D eigenvalue weighted by Gasteiger charge is -2.31. The van der Waals surface area contributed by atoms with E-state index in [4.69, 9.17) is 5.73 Å². The Labute approximate surface area is 142 Å². The van der Waals surface area contributed by atoms with Gasteiger partial charge >= 0.3 is 0 Å². The van der Waals surface area contributed by atoms with Crippen molar-refractivity contribution in [3.8, 4) is 0 Å². The maximum Gasteiger partial charge on any atom is 0.188 e. The Bertz CT molecular complexity index is 261. The third-order valence-electron chi connectivity index (χ3n) is 3.81. The van der Waals surface area contributed by atoms with Crippen molar-refractivity contribution in [2.75, 3.05) is 32.7 Å². The van der Waals surface area contributed by atoms with Crippen molar-refractivity contribution < 1.29 is 0 Å². The molecule has 3 N–H and O–H groups in total. The smallest absolute Gasteiger partial charge is 0.188 e. The standard InChI is InChI=1S/C15H32N4.HI/c1-4-8-17-15(16)18-12-14-6-10-19(11-7-14)9-5-13(2)3;/h13-14H,4-12H2,1-3H3,(H3,16,17,18);1H. The number of piperidine rings is 1. The Hall–Kier alpha value is -0.0400. The summed E-state index contributed by atoms with van der Waals surface area (Å²) in [4.78, 5) is 7.05. The van der Waals surface area contributed by atoms with Crippen LogP contribution in [0.5, 0.6) is 0 Å². The van der Waals surface area contributed by atoms with Gasteiger partial charge in [-0.3, -0.25) is 4.99 Å². The zero-order valence-electron chi connectivity index (χ0n) is 13.4. The molecule has 5 heteroatoms. The maximum absolute atomic E-state index is 5.81. The van der Waals surface area contributed by atoms with Crippen LogP contribution >= 0.6 is 24.0 Å². The third kappa shape index (κ3) is 9.00. The van der Waals surface area contributed by atoms with Gasteiger partial charge in [0.25, 0.3) is 0 Å². The summed E-state index contributed by atoms with van der Waals surface area (Å²) in [5, 5.41) is 3.13. The predicted molar refractivity (Wildman–Crippen MR) is 98.8 cm³/mol. The largest absolute Gasteiger partial charge is 0.370 e. The van der Waals surface area contributed by atoms with E-state index in [0.717, 1.165) is 31.3 Å². The van der Waals surface area contributed by atoms with Crippen LogP contribution in [0.15, 0.2) is 4.99 Å². The van der Waals surface area contributed by atoms with Crippen LogP contribution < -0.4 is 11.1 Å². The molecule has 0 aliphatic carbocycles. The SMILES string of the molecule is CCCNC(N)=NCC1CCN(CCC(C)C)CC1.I. The summed E-state index contributed by atoms with van der Waals surface area (Å²) in [5.41, 5.74) is 5.81. The molecule has 1 heterocycles. The van der Waals surface area contributed by atoms with Crippen molar-refractivity contribution in [2.45, 2.75) is 46.5 Å². The molecule has 120 valence electrons. The number of halogens is 1. The second kappa shape index (κ2) is 11.6. The minimum Gasteiger partial charge on any atom is -0.370 e. The van der Waals surface area contributed by atoms with Gasteiger partial charge in [0.2, 0.25) is 0 Å². The third-order valence-corrected chi connectivity index (χ3v) is 3.81. The van der Waals surface area contributed by atoms with Gasteiger partial charge in [0, 0.05) is 13.1 Å². The molecular weight excluding hydrogens is 363 g/mol. The fraction of sp³-hybridized carbons (Fsp3) is 0.933. The molecule has 1 rings (SSSR count). The molecule has 0 radical (unpaired) electrons. The fourth-order valence-electron chi connectivity index (χ4n) is 2.37. The molecule has 0 saturated carbocycles. The second-order valence-corrected chi connectivity index (χ2v) is 6.12. The first-order valence-corrected chi connectivity index (χ1v) is 7.88. The van der Waals surface area contributed by atoms with E-state index < -0.39 is 0 Å². The molecule has 0 bridgehead atoms. The Morgan fingerprint density at radius 2 is 2.00 bits per heavy atom. The molecule has 0 aromatic carbocycles. The number of nitrogens with one attached hydrogen (secondary N) is 1. The van der Waals surface area contributed by atoms with Crippen molar-refractivity contribution in [2.24, 2.45) is 22.6 Å². The van der Waals surface area contributed by atoms with Crippen molar-refractivity contribution in [1.82, 2.24) is 10.2 Å². The van der Waals surface area contributed by atoms with Crippen LogP contribution in [0.4, 0.5) is 0 Å². The van der Waals surface area contributed by atoms with Crippen LogP contribution in [-0.2, 0) is 0 Å². The van der Waals surface area contributed by atoms with Gasteiger partial charge in [-0.1, -0.05) is 20.8 Å². The number of hydrogen-bond donors (Lipinski definition) is 2. The number of rotatable bonds is 7. The fourth-order valence-corrected chi connectivity index (χ4v) is 2.37. The first-order chi connectivity index (χ1) is 9.11. The van der Waals surface area contributed by atoms with Crippen LogP contribution in [0.25, 0.3) is 0 Å². The molecule has 1 aliphatic heterocycles. The summed E-state index contributed by atoms with van der Waals surface area (Å²) >= 11 is 0. The van der Waals surface area contributed by atoms with Crippen molar-refractivity contribution in [3.05, 3.63) is 0 Å². The summed E-state index contributed by atoms with van der Waals surface area (Å²) < 4.78 is 0. The van der Waals surface area contributed by atoms with Crippen molar-refractivity contribution in [1.29, 1.82) is 0 Å². The molecule has 4 nitrogen and oxygen atoms in total. The normalized spacial score (nSPS) is 18.1. The van der Waals surface area contributed by atoms with Crippen LogP contribution in [-0.4, -0.2) is 43.6 Å². The molecule has 20 heavy (non-hydrogen) atoms. The highest BCUT2D eigenvalue weighted by Gasteiger charge is 2.18. The van der Waals surface area contributed by atoms with Crippen molar-refractivity contribution in [3.63, 3.8) is 0 Å². The van der Waals surface area contributed by atoms with E-state index in [1.54, 1.807) is 0 Å². The topological polar surface area (TPSA) is 53.6 Å². The highest BCUT2D eigenvalue weighted by Crippen LogP contribution is 2.18. The summed E-state index contributed by atoms with van der Waals surface area (Å²) in [6.45, 7) is 12.3. The number of likely N-dealkylation sites (tertiary alicyclic amines) is 1. The molecule has 0 spiro atoms. The highest BCUT2D eigenvalue weighted by molar-refractivity contribution is 14.0. The lowest BCUT2D eigenvalue weighted by atomic mass is 9.96. The van der Waals surface area contributed by atoms with E-state index in [0.29, 0.717) is 5.96 Å². The van der Waals surface area contributed by atoms with E-state index in [-0.39, 0.29) is 24.0 Å². The lowest BCUT2D eigenvalue weighted by Crippen LogP contribution is -2.37. The molecule has 1 saturated heterocycles. The Balaban J connectivity index is 0.00000361. The summed E-state index contributed by atoms with van der Waals surface area (Å²) in [7, 11) is 0. The quantitative estimate of drug-likeness (QED) is 0.395. The first-order valence-electron chi connectivity index (χ1n) is 7.88. The number of nitrogens with two attached hydrogens (primary N) is 1. The average Bonchev–Trinajstić information content (AvgIpc) is 2.41. The van der Waals surface area contributed by atoms with Crippen LogP contribution in [0.2, 0.25) is 0 Å². The monoisotopic (exact) mass is 396 g/mol. The molecule has 0 aromatic heterocycles. The van der Waals surface area contributed by atoms with Gasteiger partial charge in [-0.2, -0.15) is 0 Å². The van der Waals surface area contributed by atoms with E-state index in [9.17, 15) is 0 Å². The van der Waals surface area contributed by atoms with Gasteiger partial charge in [0.15, 0.2) is 5.96 Å². The Kier molecular flexibility index (Phi) is 11.6.